The van der Waals surface area contributed by atoms with Crippen LogP contribution in [0.15, 0.2) is 48.8 Å². The number of hydrogen-bond donors (Lipinski definition) is 2. The number of aromatic nitrogens is 1. The molecule has 0 aliphatic carbocycles. The van der Waals surface area contributed by atoms with Gasteiger partial charge in [0.15, 0.2) is 0 Å². The number of benzene rings is 1. The van der Waals surface area contributed by atoms with E-state index in [0.29, 0.717) is 36.4 Å². The Labute approximate surface area is 156 Å². The summed E-state index contributed by atoms with van der Waals surface area (Å²) in [6.07, 6.45) is 2.91. The van der Waals surface area contributed by atoms with Gasteiger partial charge in [-0.25, -0.2) is 4.79 Å². The Morgan fingerprint density at radius 3 is 2.00 bits per heavy atom. The smallest absolute Gasteiger partial charge is 0.434 e. The number of hydrogen-bond acceptors (Lipinski definition) is 6. The van der Waals surface area contributed by atoms with Gasteiger partial charge in [0.1, 0.15) is 5.75 Å². The summed E-state index contributed by atoms with van der Waals surface area (Å²) in [6.45, 7) is 2.76. The van der Waals surface area contributed by atoms with E-state index >= 15 is 0 Å². The Balaban J connectivity index is 1.68. The topological polar surface area (TPSA) is 107 Å². The second-order valence-electron chi connectivity index (χ2n) is 5.41. The van der Waals surface area contributed by atoms with Crippen molar-refractivity contribution in [2.45, 2.75) is 13.3 Å². The molecule has 0 saturated carbocycles. The Hall–Kier alpha value is -3.42. The van der Waals surface area contributed by atoms with Crippen molar-refractivity contribution in [3.63, 3.8) is 0 Å². The minimum absolute atomic E-state index is 0.180. The van der Waals surface area contributed by atoms with Crippen LogP contribution in [0, 0.1) is 0 Å². The average molecular weight is 371 g/mol. The Bertz CT molecular complexity index is 763. The maximum atomic E-state index is 12.1. The molecule has 0 saturated heterocycles. The molecule has 2 aromatic rings. The van der Waals surface area contributed by atoms with E-state index in [4.69, 9.17) is 4.74 Å². The molecule has 1 aromatic heterocycles. The fourth-order valence-electron chi connectivity index (χ4n) is 2.12. The lowest BCUT2D eigenvalue weighted by atomic mass is 10.2. The Morgan fingerprint density at radius 1 is 0.889 bits per heavy atom. The SMILES string of the molecule is CCOC(=O)Oc1ccc(C(=O)NCCCNC(=O)c2ccncc2)cc1. The van der Waals surface area contributed by atoms with Crippen molar-refractivity contribution in [3.8, 4) is 5.75 Å². The monoisotopic (exact) mass is 371 g/mol. The summed E-state index contributed by atoms with van der Waals surface area (Å²) in [5, 5.41) is 5.53. The second kappa shape index (κ2) is 10.5. The summed E-state index contributed by atoms with van der Waals surface area (Å²) in [4.78, 5) is 39.0. The molecule has 0 radical (unpaired) electrons. The lowest BCUT2D eigenvalue weighted by molar-refractivity contribution is 0.0950. The van der Waals surface area contributed by atoms with Gasteiger partial charge in [0, 0.05) is 36.6 Å². The van der Waals surface area contributed by atoms with Gasteiger partial charge in [0.25, 0.3) is 11.8 Å². The summed E-state index contributed by atoms with van der Waals surface area (Å²) in [6, 6.07) is 9.39. The average Bonchev–Trinajstić information content (AvgIpc) is 2.69. The molecule has 0 unspecified atom stereocenters. The maximum absolute atomic E-state index is 12.1. The third-order valence-corrected chi connectivity index (χ3v) is 3.45. The molecule has 27 heavy (non-hydrogen) atoms. The largest absolute Gasteiger partial charge is 0.513 e. The summed E-state index contributed by atoms with van der Waals surface area (Å²) in [7, 11) is 0. The highest BCUT2D eigenvalue weighted by Crippen LogP contribution is 2.13. The van der Waals surface area contributed by atoms with E-state index in [1.165, 1.54) is 12.1 Å². The molecule has 2 N–H and O–H groups in total. The van der Waals surface area contributed by atoms with E-state index in [0.717, 1.165) is 0 Å². The first kappa shape index (κ1) is 19.9. The normalized spacial score (nSPS) is 9.96. The van der Waals surface area contributed by atoms with Gasteiger partial charge in [-0.05, 0) is 49.7 Å². The van der Waals surface area contributed by atoms with Crippen LogP contribution in [-0.2, 0) is 4.74 Å². The molecule has 8 heteroatoms. The fraction of sp³-hybridized carbons (Fsp3) is 0.263. The van der Waals surface area contributed by atoms with Gasteiger partial charge in [-0.1, -0.05) is 0 Å². The van der Waals surface area contributed by atoms with Crippen LogP contribution in [0.5, 0.6) is 5.75 Å². The van der Waals surface area contributed by atoms with Crippen LogP contribution in [0.4, 0.5) is 4.79 Å². The third kappa shape index (κ3) is 6.77. The maximum Gasteiger partial charge on any atom is 0.513 e. The zero-order valence-corrected chi connectivity index (χ0v) is 14.9. The summed E-state index contributed by atoms with van der Waals surface area (Å²) in [5.74, 6) is -0.136. The van der Waals surface area contributed by atoms with Crippen molar-refractivity contribution in [3.05, 3.63) is 59.9 Å². The van der Waals surface area contributed by atoms with Crippen LogP contribution in [-0.4, -0.2) is 42.7 Å². The first-order chi connectivity index (χ1) is 13.1. The molecule has 0 bridgehead atoms. The second-order valence-corrected chi connectivity index (χ2v) is 5.41. The number of carbonyl (C=O) groups excluding carboxylic acids is 3. The van der Waals surface area contributed by atoms with Gasteiger partial charge in [0.2, 0.25) is 0 Å². The summed E-state index contributed by atoms with van der Waals surface area (Å²) >= 11 is 0. The van der Waals surface area contributed by atoms with Crippen molar-refractivity contribution in [2.75, 3.05) is 19.7 Å². The minimum atomic E-state index is -0.788. The van der Waals surface area contributed by atoms with E-state index in [1.807, 2.05) is 0 Å². The van der Waals surface area contributed by atoms with Crippen LogP contribution in [0.2, 0.25) is 0 Å². The molecular weight excluding hydrogens is 350 g/mol. The molecule has 1 heterocycles. The summed E-state index contributed by atoms with van der Waals surface area (Å²) in [5.41, 5.74) is 0.978. The van der Waals surface area contributed by atoms with Crippen molar-refractivity contribution in [2.24, 2.45) is 0 Å². The first-order valence-electron chi connectivity index (χ1n) is 8.51. The molecule has 1 aromatic carbocycles. The van der Waals surface area contributed by atoms with E-state index in [-0.39, 0.29) is 18.4 Å². The van der Waals surface area contributed by atoms with Gasteiger partial charge in [-0.3, -0.25) is 14.6 Å². The number of nitrogens with one attached hydrogen (secondary N) is 2. The van der Waals surface area contributed by atoms with Crippen LogP contribution in [0.25, 0.3) is 0 Å². The molecule has 0 aliphatic heterocycles. The lowest BCUT2D eigenvalue weighted by Gasteiger charge is -2.08. The highest BCUT2D eigenvalue weighted by molar-refractivity contribution is 5.94. The zero-order chi connectivity index (χ0) is 19.5. The van der Waals surface area contributed by atoms with Crippen LogP contribution >= 0.6 is 0 Å². The van der Waals surface area contributed by atoms with E-state index in [9.17, 15) is 14.4 Å². The van der Waals surface area contributed by atoms with Gasteiger partial charge in [-0.2, -0.15) is 0 Å². The predicted octanol–water partition coefficient (Wildman–Crippen LogP) is 2.17. The van der Waals surface area contributed by atoms with Gasteiger partial charge in [-0.15, -0.1) is 0 Å². The van der Waals surface area contributed by atoms with Crippen molar-refractivity contribution >= 4 is 18.0 Å². The molecule has 0 atom stereocenters. The molecule has 0 aliphatic rings. The van der Waals surface area contributed by atoms with Crippen molar-refractivity contribution < 1.29 is 23.9 Å². The molecule has 0 spiro atoms. The zero-order valence-electron chi connectivity index (χ0n) is 14.9. The molecule has 8 nitrogen and oxygen atoms in total. The number of pyridine rings is 1. The molecule has 2 rings (SSSR count). The first-order valence-corrected chi connectivity index (χ1v) is 8.51. The third-order valence-electron chi connectivity index (χ3n) is 3.45. The summed E-state index contributed by atoms with van der Waals surface area (Å²) < 4.78 is 9.60. The van der Waals surface area contributed by atoms with Crippen LogP contribution < -0.4 is 15.4 Å². The molecular formula is C19H21N3O5. The van der Waals surface area contributed by atoms with Crippen LogP contribution in [0.1, 0.15) is 34.1 Å². The Kier molecular flexibility index (Phi) is 7.77. The quantitative estimate of drug-likeness (QED) is 0.418. The highest BCUT2D eigenvalue weighted by Gasteiger charge is 2.08. The standard InChI is InChI=1S/C19H21N3O5/c1-2-26-19(25)27-16-6-4-14(5-7-16)17(23)21-10-3-11-22-18(24)15-8-12-20-13-9-15/h4-9,12-13H,2-3,10-11H2,1H3,(H,21,23)(H,22,24). The lowest BCUT2D eigenvalue weighted by Crippen LogP contribution is -2.29. The van der Waals surface area contributed by atoms with E-state index in [1.54, 1.807) is 43.6 Å². The number of amides is 2. The fourth-order valence-corrected chi connectivity index (χ4v) is 2.12. The predicted molar refractivity (Wildman–Crippen MR) is 97.6 cm³/mol. The minimum Gasteiger partial charge on any atom is -0.434 e. The molecule has 0 fully saturated rings. The number of nitrogens with zero attached hydrogens (tertiary/aromatic N) is 1. The van der Waals surface area contributed by atoms with Gasteiger partial charge < -0.3 is 20.1 Å². The van der Waals surface area contributed by atoms with Crippen molar-refractivity contribution in [1.82, 2.24) is 15.6 Å². The number of ether oxygens (including phenoxy) is 2. The molecule has 142 valence electrons. The van der Waals surface area contributed by atoms with E-state index < -0.39 is 6.16 Å². The Morgan fingerprint density at radius 2 is 1.44 bits per heavy atom. The molecule has 2 amide bonds. The van der Waals surface area contributed by atoms with Gasteiger partial charge >= 0.3 is 6.16 Å². The van der Waals surface area contributed by atoms with E-state index in [2.05, 4.69) is 20.4 Å². The van der Waals surface area contributed by atoms with Gasteiger partial charge in [0.05, 0.1) is 6.61 Å². The number of rotatable bonds is 8. The number of carbonyl (C=O) groups is 3. The van der Waals surface area contributed by atoms with Crippen LogP contribution in [0.3, 0.4) is 0 Å². The van der Waals surface area contributed by atoms with Crippen molar-refractivity contribution in [1.29, 1.82) is 0 Å². The highest BCUT2D eigenvalue weighted by atomic mass is 16.7.